The van der Waals surface area contributed by atoms with Crippen molar-refractivity contribution in [2.45, 2.75) is 101 Å². The Hall–Kier alpha value is -2.21. The number of carbonyl (C=O) groups excluding carboxylic acids is 2. The molecule has 33 heavy (non-hydrogen) atoms. The summed E-state index contributed by atoms with van der Waals surface area (Å²) in [6.45, 7) is 4.31. The highest BCUT2D eigenvalue weighted by atomic mass is 19.1. The Morgan fingerprint density at radius 3 is 2.70 bits per heavy atom. The molecule has 0 bridgehead atoms. The first-order valence-electron chi connectivity index (χ1n) is 12.8. The van der Waals surface area contributed by atoms with Crippen molar-refractivity contribution in [2.24, 2.45) is 5.92 Å². The van der Waals surface area contributed by atoms with E-state index in [9.17, 15) is 14.0 Å². The van der Waals surface area contributed by atoms with E-state index >= 15 is 0 Å². The smallest absolute Gasteiger partial charge is 0.255 e. The van der Waals surface area contributed by atoms with Crippen LogP contribution >= 0.6 is 0 Å². The van der Waals surface area contributed by atoms with Gasteiger partial charge in [-0.15, -0.1) is 0 Å². The summed E-state index contributed by atoms with van der Waals surface area (Å²) in [4.78, 5) is 27.2. The largest absolute Gasteiger partial charge is 0.329 e. The molecule has 5 rings (SSSR count). The van der Waals surface area contributed by atoms with Crippen LogP contribution in [0.5, 0.6) is 0 Å². The summed E-state index contributed by atoms with van der Waals surface area (Å²) in [5, 5.41) is 6.62. The van der Waals surface area contributed by atoms with E-state index in [1.807, 2.05) is 6.07 Å². The Labute approximate surface area is 196 Å². The lowest BCUT2D eigenvalue weighted by Gasteiger charge is -2.38. The van der Waals surface area contributed by atoms with Crippen LogP contribution in [0.15, 0.2) is 30.5 Å². The molecule has 3 fully saturated rings. The molecule has 0 aromatic heterocycles. The van der Waals surface area contributed by atoms with E-state index in [-0.39, 0.29) is 17.9 Å². The van der Waals surface area contributed by atoms with Gasteiger partial charge in [0.1, 0.15) is 12.2 Å². The molecular weight excluding hydrogens is 417 g/mol. The van der Waals surface area contributed by atoms with Gasteiger partial charge in [-0.2, -0.15) is 0 Å². The number of hydrogen-bond acceptors (Lipinski definition) is 3. The summed E-state index contributed by atoms with van der Waals surface area (Å²) in [5.41, 5.74) is 3.65. The van der Waals surface area contributed by atoms with Crippen LogP contribution in [0.3, 0.4) is 0 Å². The fourth-order valence-electron chi connectivity index (χ4n) is 6.34. The predicted octanol–water partition coefficient (Wildman–Crippen LogP) is 4.41. The van der Waals surface area contributed by atoms with Crippen molar-refractivity contribution in [3.8, 4) is 0 Å². The second-order valence-corrected chi connectivity index (χ2v) is 10.6. The van der Waals surface area contributed by atoms with Gasteiger partial charge in [-0.1, -0.05) is 38.0 Å². The molecule has 0 radical (unpaired) electrons. The van der Waals surface area contributed by atoms with Crippen molar-refractivity contribution in [1.82, 2.24) is 15.5 Å². The molecule has 0 spiro atoms. The van der Waals surface area contributed by atoms with Crippen LogP contribution < -0.4 is 10.6 Å². The lowest BCUT2D eigenvalue weighted by Crippen LogP contribution is -2.49. The van der Waals surface area contributed by atoms with Gasteiger partial charge in [0.25, 0.3) is 5.91 Å². The van der Waals surface area contributed by atoms with Crippen molar-refractivity contribution in [3.63, 3.8) is 0 Å². The molecular formula is C27H36FN3O2. The first-order chi connectivity index (χ1) is 16.0. The highest BCUT2D eigenvalue weighted by molar-refractivity contribution is 6.01. The molecule has 2 aliphatic carbocycles. The Balaban J connectivity index is 1.27. The van der Waals surface area contributed by atoms with Gasteiger partial charge < -0.3 is 15.5 Å². The van der Waals surface area contributed by atoms with E-state index in [4.69, 9.17) is 0 Å². The van der Waals surface area contributed by atoms with Gasteiger partial charge in [-0.25, -0.2) is 4.39 Å². The van der Waals surface area contributed by atoms with E-state index < -0.39 is 12.2 Å². The maximum Gasteiger partial charge on any atom is 0.255 e. The summed E-state index contributed by atoms with van der Waals surface area (Å²) >= 11 is 0. The van der Waals surface area contributed by atoms with Gasteiger partial charge in [0.2, 0.25) is 5.91 Å². The molecule has 178 valence electrons. The molecule has 1 unspecified atom stereocenters. The SMILES string of the molecule is C=C1CCC(N2Cc3cc(C[C@H]4CC[C@@H](F)C[C@@H]4NC4CCCCC4)ccc3C2=O)C(=O)N1. The number of halogens is 1. The van der Waals surface area contributed by atoms with Crippen LogP contribution in [0, 0.1) is 5.92 Å². The summed E-state index contributed by atoms with van der Waals surface area (Å²) in [6.07, 6.45) is 9.97. The molecule has 2 N–H and O–H groups in total. The van der Waals surface area contributed by atoms with Gasteiger partial charge in [0.05, 0.1) is 0 Å². The Morgan fingerprint density at radius 1 is 1.09 bits per heavy atom. The van der Waals surface area contributed by atoms with E-state index in [1.165, 1.54) is 37.7 Å². The number of hydrogen-bond donors (Lipinski definition) is 2. The monoisotopic (exact) mass is 453 g/mol. The number of nitrogens with one attached hydrogen (secondary N) is 2. The van der Waals surface area contributed by atoms with Gasteiger partial charge in [-0.05, 0) is 74.5 Å². The minimum atomic E-state index is -0.703. The Kier molecular flexibility index (Phi) is 6.55. The first-order valence-corrected chi connectivity index (χ1v) is 12.8. The molecule has 2 saturated carbocycles. The fourth-order valence-corrected chi connectivity index (χ4v) is 6.34. The number of benzene rings is 1. The summed E-state index contributed by atoms with van der Waals surface area (Å²) in [5.74, 6) is 0.228. The van der Waals surface area contributed by atoms with Crippen LogP contribution in [0.4, 0.5) is 4.39 Å². The van der Waals surface area contributed by atoms with E-state index in [0.717, 1.165) is 24.1 Å². The fraction of sp³-hybridized carbons (Fsp3) is 0.630. The number of fused-ring (bicyclic) bond motifs is 1. The third-order valence-electron chi connectivity index (χ3n) is 8.18. The van der Waals surface area contributed by atoms with Crippen molar-refractivity contribution in [1.29, 1.82) is 0 Å². The molecule has 6 heteroatoms. The summed E-state index contributed by atoms with van der Waals surface area (Å²) < 4.78 is 14.3. The lowest BCUT2D eigenvalue weighted by molar-refractivity contribution is -0.126. The van der Waals surface area contributed by atoms with Crippen LogP contribution in [0.2, 0.25) is 0 Å². The van der Waals surface area contributed by atoms with Gasteiger partial charge in [-0.3, -0.25) is 9.59 Å². The van der Waals surface area contributed by atoms with Gasteiger partial charge in [0, 0.05) is 29.9 Å². The molecule has 1 aromatic rings. The van der Waals surface area contributed by atoms with Crippen LogP contribution in [0.25, 0.3) is 0 Å². The number of alkyl halides is 1. The molecule has 5 nitrogen and oxygen atoms in total. The second kappa shape index (κ2) is 9.57. The molecule has 2 heterocycles. The summed E-state index contributed by atoms with van der Waals surface area (Å²) in [7, 11) is 0. The highest BCUT2D eigenvalue weighted by Gasteiger charge is 2.38. The van der Waals surface area contributed by atoms with E-state index in [0.29, 0.717) is 49.8 Å². The topological polar surface area (TPSA) is 61.4 Å². The van der Waals surface area contributed by atoms with E-state index in [2.05, 4.69) is 29.3 Å². The lowest BCUT2D eigenvalue weighted by atomic mass is 9.78. The van der Waals surface area contributed by atoms with Crippen LogP contribution in [0.1, 0.15) is 85.7 Å². The Morgan fingerprint density at radius 2 is 1.91 bits per heavy atom. The zero-order valence-corrected chi connectivity index (χ0v) is 19.5. The van der Waals surface area contributed by atoms with Gasteiger partial charge in [0.15, 0.2) is 0 Å². The zero-order chi connectivity index (χ0) is 22.9. The van der Waals surface area contributed by atoms with Crippen LogP contribution in [-0.4, -0.2) is 41.0 Å². The number of rotatable bonds is 5. The molecule has 1 saturated heterocycles. The standard InChI is InChI=1S/C27H36FN3O2/c1-17-7-12-25(26(32)29-17)31-16-20-14-18(8-11-23(20)27(31)33)13-19-9-10-21(28)15-24(19)30-22-5-3-2-4-6-22/h8,11,14,19,21-22,24-25,30H,1-7,9-10,12-13,15-16H2,(H,29,32)/t19-,21-,24+,25?/m1/s1. The van der Waals surface area contributed by atoms with Crippen LogP contribution in [-0.2, 0) is 17.8 Å². The normalized spacial score (nSPS) is 30.9. The molecule has 4 atom stereocenters. The maximum atomic E-state index is 14.3. The van der Waals surface area contributed by atoms with Crippen molar-refractivity contribution in [2.75, 3.05) is 0 Å². The number of amides is 2. The van der Waals surface area contributed by atoms with Crippen molar-refractivity contribution >= 4 is 11.8 Å². The highest BCUT2D eigenvalue weighted by Crippen LogP contribution is 2.33. The van der Waals surface area contributed by atoms with E-state index in [1.54, 1.807) is 4.90 Å². The third-order valence-corrected chi connectivity index (χ3v) is 8.18. The average Bonchev–Trinajstić information content (AvgIpc) is 3.12. The maximum absolute atomic E-state index is 14.3. The number of nitrogens with zero attached hydrogens (tertiary/aromatic N) is 1. The average molecular weight is 454 g/mol. The number of allylic oxidation sites excluding steroid dienone is 1. The quantitative estimate of drug-likeness (QED) is 0.694. The number of piperidine rings is 1. The van der Waals surface area contributed by atoms with Crippen molar-refractivity contribution < 1.29 is 14.0 Å². The molecule has 1 aromatic carbocycles. The summed E-state index contributed by atoms with van der Waals surface area (Å²) in [6, 6.07) is 6.45. The first kappa shape index (κ1) is 22.6. The van der Waals surface area contributed by atoms with Gasteiger partial charge >= 0.3 is 0 Å². The molecule has 2 aliphatic heterocycles. The predicted molar refractivity (Wildman–Crippen MR) is 126 cm³/mol. The Bertz CT molecular complexity index is 926. The minimum Gasteiger partial charge on any atom is -0.329 e. The zero-order valence-electron chi connectivity index (χ0n) is 19.5. The van der Waals surface area contributed by atoms with Crippen molar-refractivity contribution in [3.05, 3.63) is 47.2 Å². The number of carbonyl (C=O) groups is 2. The molecule has 2 amide bonds. The second-order valence-electron chi connectivity index (χ2n) is 10.6. The molecule has 4 aliphatic rings. The third kappa shape index (κ3) is 4.86. The minimum absolute atomic E-state index is 0.0565.